The number of benzene rings is 2. The van der Waals surface area contributed by atoms with Gasteiger partial charge in [0.15, 0.2) is 0 Å². The summed E-state index contributed by atoms with van der Waals surface area (Å²) < 4.78 is 1.13. The Kier molecular flexibility index (Phi) is 12.0. The average Bonchev–Trinajstić information content (AvgIpc) is 3.74. The van der Waals surface area contributed by atoms with E-state index < -0.39 is 23.2 Å². The zero-order valence-electron chi connectivity index (χ0n) is 26.1. The molecular weight excluding hydrogens is 683 g/mol. The minimum atomic E-state index is -1.04. The van der Waals surface area contributed by atoms with Gasteiger partial charge in [0.1, 0.15) is 0 Å². The molecule has 2 atom stereocenters. The van der Waals surface area contributed by atoms with Crippen LogP contribution in [0.15, 0.2) is 60.7 Å². The second-order valence-electron chi connectivity index (χ2n) is 12.3. The van der Waals surface area contributed by atoms with Crippen molar-refractivity contribution in [3.63, 3.8) is 0 Å². The molecule has 2 heterocycles. The van der Waals surface area contributed by atoms with E-state index in [1.54, 1.807) is 22.3 Å². The van der Waals surface area contributed by atoms with Crippen molar-refractivity contribution in [3.8, 4) is 0 Å². The molecule has 0 radical (unpaired) electrons. The monoisotopic (exact) mass is 722 g/mol. The van der Waals surface area contributed by atoms with Crippen LogP contribution < -0.4 is 24.8 Å². The molecule has 0 bridgehead atoms. The van der Waals surface area contributed by atoms with Gasteiger partial charge in [-0.15, -0.1) is 0 Å². The maximum Gasteiger partial charge on any atom is -1.00 e. The molecular formula is C38H42Cl2S2Zr. The number of rotatable bonds is 10. The Bertz CT molecular complexity index is 1500. The minimum absolute atomic E-state index is 0. The molecule has 224 valence electrons. The van der Waals surface area contributed by atoms with E-state index in [2.05, 4.69) is 114 Å². The average molecular weight is 725 g/mol. The third-order valence-electron chi connectivity index (χ3n) is 8.65. The van der Waals surface area contributed by atoms with Crippen molar-refractivity contribution in [1.29, 1.82) is 0 Å². The Morgan fingerprint density at radius 1 is 0.605 bits per heavy atom. The van der Waals surface area contributed by atoms with Gasteiger partial charge in [0.05, 0.1) is 0 Å². The molecule has 2 aromatic carbocycles. The third kappa shape index (κ3) is 6.83. The molecule has 5 heteroatoms. The number of halogens is 2. The fourth-order valence-electron chi connectivity index (χ4n) is 6.64. The van der Waals surface area contributed by atoms with Crippen molar-refractivity contribution in [2.75, 3.05) is 0 Å². The van der Waals surface area contributed by atoms with E-state index in [1.807, 2.05) is 22.7 Å². The van der Waals surface area contributed by atoms with Crippen LogP contribution in [0, 0.1) is 0 Å². The maximum absolute atomic E-state index is 2.60. The molecule has 43 heavy (non-hydrogen) atoms. The summed E-state index contributed by atoms with van der Waals surface area (Å²) >= 11 is 3.05. The van der Waals surface area contributed by atoms with Crippen LogP contribution in [0.25, 0.3) is 23.3 Å². The van der Waals surface area contributed by atoms with Crippen LogP contribution in [0.2, 0.25) is 0 Å². The normalized spacial score (nSPS) is 16.7. The molecule has 2 aliphatic rings. The van der Waals surface area contributed by atoms with Crippen LogP contribution in [-0.4, -0.2) is 0 Å². The Balaban J connectivity index is 0.00000212. The maximum atomic E-state index is 2.60. The summed E-state index contributed by atoms with van der Waals surface area (Å²) in [6.07, 6.45) is 10.0. The quantitative estimate of drug-likeness (QED) is 0.190. The molecule has 0 fully saturated rings. The molecule has 0 nitrogen and oxygen atoms in total. The van der Waals surface area contributed by atoms with Gasteiger partial charge in [-0.2, -0.15) is 0 Å². The Morgan fingerprint density at radius 2 is 1.02 bits per heavy atom. The predicted octanol–water partition coefficient (Wildman–Crippen LogP) is 5.94. The summed E-state index contributed by atoms with van der Waals surface area (Å²) in [5, 5.41) is 0. The standard InChI is InChI=1S/2C19H21S.2ClH.Zr/c2*1-4-6-16-9-10-19(20-16)15-11-14-7-5-8-17(13(2)3)18(14)12-15;;;/h2*5,7-13H,4,6H2,1-3H3;2*1H;/q;;;;+2/p-2. The molecule has 0 aliphatic heterocycles. The van der Waals surface area contributed by atoms with Gasteiger partial charge in [0.2, 0.25) is 0 Å². The molecule has 0 saturated heterocycles. The fourth-order valence-corrected chi connectivity index (χ4v) is 14.5. The van der Waals surface area contributed by atoms with E-state index >= 15 is 0 Å². The summed E-state index contributed by atoms with van der Waals surface area (Å²) in [4.78, 5) is 6.07. The zero-order valence-corrected chi connectivity index (χ0v) is 31.7. The zero-order chi connectivity index (χ0) is 28.7. The van der Waals surface area contributed by atoms with E-state index in [1.165, 1.54) is 67.4 Å². The molecule has 0 amide bonds. The van der Waals surface area contributed by atoms with Crippen molar-refractivity contribution in [2.24, 2.45) is 0 Å². The molecule has 6 rings (SSSR count). The first-order valence-corrected chi connectivity index (χ1v) is 20.0. The summed E-state index contributed by atoms with van der Waals surface area (Å²) in [5.74, 6) is 1.06. The summed E-state index contributed by atoms with van der Waals surface area (Å²) in [5.41, 5.74) is 12.5. The summed E-state index contributed by atoms with van der Waals surface area (Å²) in [6.45, 7) is 14.0. The van der Waals surface area contributed by atoms with Crippen molar-refractivity contribution in [2.45, 2.75) is 86.3 Å². The van der Waals surface area contributed by atoms with Gasteiger partial charge in [-0.1, -0.05) is 0 Å². The van der Waals surface area contributed by atoms with Crippen LogP contribution in [0.5, 0.6) is 0 Å². The first-order valence-electron chi connectivity index (χ1n) is 15.5. The van der Waals surface area contributed by atoms with E-state index in [9.17, 15) is 0 Å². The number of thiophene rings is 2. The molecule has 2 aromatic heterocycles. The van der Waals surface area contributed by atoms with E-state index in [4.69, 9.17) is 0 Å². The first-order chi connectivity index (χ1) is 19.9. The molecule has 0 N–H and O–H groups in total. The van der Waals surface area contributed by atoms with Gasteiger partial charge in [0.25, 0.3) is 0 Å². The Labute approximate surface area is 291 Å². The van der Waals surface area contributed by atoms with Crippen LogP contribution in [0.4, 0.5) is 0 Å². The summed E-state index contributed by atoms with van der Waals surface area (Å²) in [7, 11) is 0. The van der Waals surface area contributed by atoms with Crippen LogP contribution in [-0.2, 0) is 36.1 Å². The van der Waals surface area contributed by atoms with Gasteiger partial charge in [0, 0.05) is 0 Å². The number of fused-ring (bicyclic) bond motifs is 2. The predicted molar refractivity (Wildman–Crippen MR) is 179 cm³/mol. The van der Waals surface area contributed by atoms with Gasteiger partial charge in [-0.25, -0.2) is 0 Å². The van der Waals surface area contributed by atoms with Crippen LogP contribution >= 0.6 is 22.7 Å². The number of aryl methyl sites for hydroxylation is 2. The Morgan fingerprint density at radius 3 is 1.40 bits per heavy atom. The van der Waals surface area contributed by atoms with E-state index in [0.717, 1.165) is 0 Å². The van der Waals surface area contributed by atoms with Crippen molar-refractivity contribution >= 4 is 46.0 Å². The third-order valence-corrected chi connectivity index (χ3v) is 15.7. The fraction of sp³-hybridized carbons (Fsp3) is 0.368. The largest absolute Gasteiger partial charge is 1.00 e. The molecule has 4 aromatic rings. The summed E-state index contributed by atoms with van der Waals surface area (Å²) in [6, 6.07) is 24.0. The van der Waals surface area contributed by atoms with E-state index in [-0.39, 0.29) is 24.8 Å². The molecule has 0 saturated carbocycles. The van der Waals surface area contributed by atoms with Gasteiger partial charge in [-0.05, 0) is 0 Å². The van der Waals surface area contributed by atoms with Crippen molar-refractivity contribution < 1.29 is 48.0 Å². The van der Waals surface area contributed by atoms with Crippen LogP contribution in [0.1, 0.15) is 126 Å². The second kappa shape index (κ2) is 14.9. The smallest absolute Gasteiger partial charge is 1.00 e. The topological polar surface area (TPSA) is 0 Å². The number of hydrogen-bond donors (Lipinski definition) is 0. The molecule has 2 unspecified atom stereocenters. The number of allylic oxidation sites excluding steroid dienone is 2. The molecule has 2 aliphatic carbocycles. The number of hydrogen-bond acceptors (Lipinski definition) is 2. The second-order valence-corrected chi connectivity index (χ2v) is 18.3. The SMILES string of the molecule is CCCc1ccc(C2=Cc3c(C(C)C)cccc3[CH]2[Zr+2][CH]2C(c3ccc(CCC)s3)=Cc3c(C(C)C)cccc32)s1.[Cl-].[Cl-]. The van der Waals surface area contributed by atoms with Crippen molar-refractivity contribution in [1.82, 2.24) is 0 Å². The Hall–Kier alpha value is -1.22. The molecule has 0 spiro atoms. The minimum Gasteiger partial charge on any atom is -1.00 e. The first kappa shape index (κ1) is 34.7. The van der Waals surface area contributed by atoms with Gasteiger partial charge >= 0.3 is 269 Å². The van der Waals surface area contributed by atoms with Gasteiger partial charge < -0.3 is 24.8 Å². The van der Waals surface area contributed by atoms with Crippen LogP contribution in [0.3, 0.4) is 0 Å². The van der Waals surface area contributed by atoms with Crippen molar-refractivity contribution in [3.05, 3.63) is 114 Å². The van der Waals surface area contributed by atoms with Gasteiger partial charge in [-0.3, -0.25) is 0 Å². The van der Waals surface area contributed by atoms with E-state index in [0.29, 0.717) is 19.1 Å².